The van der Waals surface area contributed by atoms with Crippen LogP contribution in [-0.4, -0.2) is 38.6 Å². The van der Waals surface area contributed by atoms with Crippen molar-refractivity contribution in [3.63, 3.8) is 0 Å². The van der Waals surface area contributed by atoms with Crippen molar-refractivity contribution >= 4 is 23.5 Å². The van der Waals surface area contributed by atoms with Crippen LogP contribution in [0.1, 0.15) is 39.0 Å². The zero-order valence-electron chi connectivity index (χ0n) is 13.5. The molecule has 0 spiro atoms. The lowest BCUT2D eigenvalue weighted by molar-refractivity contribution is -0.119. The van der Waals surface area contributed by atoms with Gasteiger partial charge in [0, 0.05) is 6.20 Å². The fraction of sp³-hybridized carbons (Fsp3) is 0.235. The summed E-state index contributed by atoms with van der Waals surface area (Å²) in [6.07, 6.45) is 1.52. The van der Waals surface area contributed by atoms with Crippen LogP contribution in [0.15, 0.2) is 30.5 Å². The maximum absolute atomic E-state index is 12.5. The third-order valence-corrected chi connectivity index (χ3v) is 3.87. The highest BCUT2D eigenvalue weighted by molar-refractivity contribution is 6.23. The summed E-state index contributed by atoms with van der Waals surface area (Å²) in [5.41, 5.74) is 1.53. The number of hydrogen-bond acceptors (Lipinski definition) is 5. The van der Waals surface area contributed by atoms with Gasteiger partial charge in [0.15, 0.2) is 0 Å². The molecule has 0 bridgehead atoms. The third-order valence-electron chi connectivity index (χ3n) is 3.87. The van der Waals surface area contributed by atoms with Gasteiger partial charge in [-0.3, -0.25) is 19.3 Å². The first-order valence-electron chi connectivity index (χ1n) is 7.47. The van der Waals surface area contributed by atoms with Gasteiger partial charge in [-0.2, -0.15) is 0 Å². The minimum atomic E-state index is -0.951. The molecule has 0 radical (unpaired) electrons. The van der Waals surface area contributed by atoms with Crippen LogP contribution >= 0.6 is 0 Å². The molecule has 3 rings (SSSR count). The Bertz CT molecular complexity index is 863. The molecule has 7 heteroatoms. The summed E-state index contributed by atoms with van der Waals surface area (Å²) in [7, 11) is 0. The Balaban J connectivity index is 1.83. The number of imide groups is 1. The quantitative estimate of drug-likeness (QED) is 0.868. The molecule has 1 aromatic carbocycles. The lowest BCUT2D eigenvalue weighted by atomic mass is 10.1. The van der Waals surface area contributed by atoms with E-state index in [1.807, 2.05) is 6.92 Å². The second kappa shape index (κ2) is 5.84. The van der Waals surface area contributed by atoms with E-state index in [1.54, 1.807) is 31.2 Å². The van der Waals surface area contributed by atoms with Gasteiger partial charge in [-0.25, -0.2) is 9.97 Å². The average Bonchev–Trinajstić information content (AvgIpc) is 2.77. The van der Waals surface area contributed by atoms with Crippen LogP contribution in [0.3, 0.4) is 0 Å². The molecular weight excluding hydrogens is 308 g/mol. The van der Waals surface area contributed by atoms with Gasteiger partial charge >= 0.3 is 0 Å². The number of nitrogens with one attached hydrogen (secondary N) is 1. The van der Waals surface area contributed by atoms with E-state index in [4.69, 9.17) is 0 Å². The molecule has 122 valence electrons. The molecular formula is C17H16N4O3. The standard InChI is InChI=1S/C17H16N4O3/c1-9-4-5-12-13(8-9)17(24)21(16(12)23)10(2)15(22)20-14-6-7-18-11(3)19-14/h4-8,10H,1-3H3,(H,18,19,20,22). The molecule has 7 nitrogen and oxygen atoms in total. The van der Waals surface area contributed by atoms with Crippen LogP contribution in [0, 0.1) is 13.8 Å². The molecule has 0 fully saturated rings. The number of nitrogens with zero attached hydrogens (tertiary/aromatic N) is 3. The molecule has 0 saturated carbocycles. The number of carbonyl (C=O) groups is 3. The van der Waals surface area contributed by atoms with E-state index in [0.29, 0.717) is 22.8 Å². The highest BCUT2D eigenvalue weighted by Gasteiger charge is 2.40. The van der Waals surface area contributed by atoms with Crippen LogP contribution in [0.4, 0.5) is 5.82 Å². The zero-order valence-corrected chi connectivity index (χ0v) is 13.5. The lowest BCUT2D eigenvalue weighted by Crippen LogP contribution is -2.45. The molecule has 1 unspecified atom stereocenters. The number of aryl methyl sites for hydroxylation is 2. The first-order chi connectivity index (χ1) is 11.4. The Labute approximate surface area is 138 Å². The molecule has 1 N–H and O–H groups in total. The van der Waals surface area contributed by atoms with E-state index in [0.717, 1.165) is 10.5 Å². The van der Waals surface area contributed by atoms with Crippen molar-refractivity contribution in [2.24, 2.45) is 0 Å². The first-order valence-corrected chi connectivity index (χ1v) is 7.47. The number of anilines is 1. The van der Waals surface area contributed by atoms with Gasteiger partial charge in [-0.15, -0.1) is 0 Å². The highest BCUT2D eigenvalue weighted by Crippen LogP contribution is 2.26. The van der Waals surface area contributed by atoms with E-state index in [-0.39, 0.29) is 0 Å². The number of rotatable bonds is 3. The predicted octanol–water partition coefficient (Wildman–Crippen LogP) is 1.72. The van der Waals surface area contributed by atoms with E-state index in [2.05, 4.69) is 15.3 Å². The average molecular weight is 324 g/mol. The van der Waals surface area contributed by atoms with E-state index in [1.165, 1.54) is 13.1 Å². The smallest absolute Gasteiger partial charge is 0.262 e. The molecule has 2 heterocycles. The Hall–Kier alpha value is -3.09. The second-order valence-corrected chi connectivity index (χ2v) is 5.68. The van der Waals surface area contributed by atoms with Gasteiger partial charge < -0.3 is 5.32 Å². The fourth-order valence-electron chi connectivity index (χ4n) is 2.60. The van der Waals surface area contributed by atoms with Gasteiger partial charge in [-0.1, -0.05) is 11.6 Å². The number of fused-ring (bicyclic) bond motifs is 1. The summed E-state index contributed by atoms with van der Waals surface area (Å²) in [5.74, 6) is -0.570. The van der Waals surface area contributed by atoms with E-state index >= 15 is 0 Å². The van der Waals surface area contributed by atoms with Crippen LogP contribution in [0.2, 0.25) is 0 Å². The van der Waals surface area contributed by atoms with Crippen molar-refractivity contribution in [3.05, 3.63) is 53.0 Å². The summed E-state index contributed by atoms with van der Waals surface area (Å²) in [6, 6.07) is 5.63. The van der Waals surface area contributed by atoms with Gasteiger partial charge in [0.05, 0.1) is 11.1 Å². The van der Waals surface area contributed by atoms with Crippen molar-refractivity contribution in [1.82, 2.24) is 14.9 Å². The van der Waals surface area contributed by atoms with Gasteiger partial charge in [-0.05, 0) is 39.0 Å². The SMILES string of the molecule is Cc1ccc2c(c1)C(=O)N(C(C)C(=O)Nc1ccnc(C)n1)C2=O. The van der Waals surface area contributed by atoms with E-state index in [9.17, 15) is 14.4 Å². The minimum Gasteiger partial charge on any atom is -0.309 e. The summed E-state index contributed by atoms with van der Waals surface area (Å²) in [5, 5.41) is 2.60. The fourth-order valence-corrected chi connectivity index (χ4v) is 2.60. The number of aromatic nitrogens is 2. The summed E-state index contributed by atoms with van der Waals surface area (Å²) >= 11 is 0. The van der Waals surface area contributed by atoms with Crippen molar-refractivity contribution < 1.29 is 14.4 Å². The van der Waals surface area contributed by atoms with Gasteiger partial charge in [0.25, 0.3) is 11.8 Å². The van der Waals surface area contributed by atoms with Crippen molar-refractivity contribution in [2.75, 3.05) is 5.32 Å². The molecule has 0 aliphatic carbocycles. The summed E-state index contributed by atoms with van der Waals surface area (Å²) in [6.45, 7) is 5.05. The molecule has 1 aromatic heterocycles. The first kappa shape index (κ1) is 15.8. The Morgan fingerprint density at radius 1 is 1.12 bits per heavy atom. The number of carbonyl (C=O) groups excluding carboxylic acids is 3. The monoisotopic (exact) mass is 324 g/mol. The van der Waals surface area contributed by atoms with Crippen molar-refractivity contribution in [2.45, 2.75) is 26.8 Å². The number of benzene rings is 1. The Kier molecular flexibility index (Phi) is 3.84. The Morgan fingerprint density at radius 2 is 1.83 bits per heavy atom. The van der Waals surface area contributed by atoms with Crippen LogP contribution < -0.4 is 5.32 Å². The van der Waals surface area contributed by atoms with Gasteiger partial charge in [0.1, 0.15) is 17.7 Å². The maximum atomic E-state index is 12.5. The van der Waals surface area contributed by atoms with Gasteiger partial charge in [0.2, 0.25) is 5.91 Å². The van der Waals surface area contributed by atoms with Crippen molar-refractivity contribution in [1.29, 1.82) is 0 Å². The molecule has 1 atom stereocenters. The molecule has 2 aromatic rings. The van der Waals surface area contributed by atoms with Crippen LogP contribution in [-0.2, 0) is 4.79 Å². The maximum Gasteiger partial charge on any atom is 0.262 e. The number of amides is 3. The van der Waals surface area contributed by atoms with Crippen LogP contribution in [0.25, 0.3) is 0 Å². The zero-order chi connectivity index (χ0) is 17.4. The molecule has 1 aliphatic rings. The Morgan fingerprint density at radius 3 is 2.54 bits per heavy atom. The lowest BCUT2D eigenvalue weighted by Gasteiger charge is -2.21. The van der Waals surface area contributed by atoms with Crippen LogP contribution in [0.5, 0.6) is 0 Å². The summed E-state index contributed by atoms with van der Waals surface area (Å²) < 4.78 is 0. The topological polar surface area (TPSA) is 92.3 Å². The van der Waals surface area contributed by atoms with Crippen molar-refractivity contribution in [3.8, 4) is 0 Å². The largest absolute Gasteiger partial charge is 0.309 e. The molecule has 3 amide bonds. The predicted molar refractivity (Wildman–Crippen MR) is 86.5 cm³/mol. The number of hydrogen-bond donors (Lipinski definition) is 1. The minimum absolute atomic E-state index is 0.322. The second-order valence-electron chi connectivity index (χ2n) is 5.68. The summed E-state index contributed by atoms with van der Waals surface area (Å²) in [4.78, 5) is 46.4. The molecule has 1 aliphatic heterocycles. The van der Waals surface area contributed by atoms with E-state index < -0.39 is 23.8 Å². The third kappa shape index (κ3) is 2.64. The molecule has 24 heavy (non-hydrogen) atoms. The molecule has 0 saturated heterocycles. The normalized spacial score (nSPS) is 14.5. The highest BCUT2D eigenvalue weighted by atomic mass is 16.2.